The lowest BCUT2D eigenvalue weighted by molar-refractivity contribution is -0.116. The number of fused-ring (bicyclic) bond motifs is 6. The van der Waals surface area contributed by atoms with E-state index in [0.29, 0.717) is 6.54 Å². The maximum atomic E-state index is 13.6. The van der Waals surface area contributed by atoms with Crippen molar-refractivity contribution in [2.75, 3.05) is 16.3 Å². The molecular formula is C26H30N2O. The monoisotopic (exact) mass is 386 g/mol. The number of amides is 1. The standard InChI is InChI=1S/C26H30N2O/c1-16-9-11-21-18(12-16)24(3,4)22-14-26(7)25(5,6)19-13-17(2)8-10-20(19)27(26)15-23(29)28(21)22/h8-14H,15H2,1-7H3. The highest BCUT2D eigenvalue weighted by atomic mass is 16.2. The predicted molar refractivity (Wildman–Crippen MR) is 120 cm³/mol. The molecule has 1 atom stereocenters. The maximum Gasteiger partial charge on any atom is 0.250 e. The molecule has 1 unspecified atom stereocenters. The molecule has 150 valence electrons. The zero-order valence-electron chi connectivity index (χ0n) is 18.6. The lowest BCUT2D eigenvalue weighted by Gasteiger charge is -2.42. The Morgan fingerprint density at radius 1 is 0.828 bits per heavy atom. The van der Waals surface area contributed by atoms with Crippen LogP contribution in [0.1, 0.15) is 56.9 Å². The third kappa shape index (κ3) is 2.11. The van der Waals surface area contributed by atoms with E-state index in [0.717, 1.165) is 11.4 Å². The molecule has 0 aromatic heterocycles. The number of aryl methyl sites for hydroxylation is 2. The van der Waals surface area contributed by atoms with Crippen molar-refractivity contribution >= 4 is 17.3 Å². The second kappa shape index (κ2) is 5.33. The van der Waals surface area contributed by atoms with Crippen LogP contribution in [0.15, 0.2) is 48.2 Å². The summed E-state index contributed by atoms with van der Waals surface area (Å²) >= 11 is 0. The Hall–Kier alpha value is -2.55. The van der Waals surface area contributed by atoms with Crippen LogP contribution in [0, 0.1) is 13.8 Å². The van der Waals surface area contributed by atoms with Gasteiger partial charge in [0.1, 0.15) is 0 Å². The van der Waals surface area contributed by atoms with Crippen molar-refractivity contribution in [2.24, 2.45) is 0 Å². The first-order chi connectivity index (χ1) is 13.5. The van der Waals surface area contributed by atoms with Crippen molar-refractivity contribution in [1.29, 1.82) is 0 Å². The molecule has 0 saturated carbocycles. The topological polar surface area (TPSA) is 23.6 Å². The fourth-order valence-corrected chi connectivity index (χ4v) is 5.63. The predicted octanol–water partition coefficient (Wildman–Crippen LogP) is 5.38. The third-order valence-corrected chi connectivity index (χ3v) is 7.85. The van der Waals surface area contributed by atoms with Crippen LogP contribution in [-0.4, -0.2) is 18.0 Å². The van der Waals surface area contributed by atoms with E-state index in [1.807, 2.05) is 4.90 Å². The van der Waals surface area contributed by atoms with E-state index in [1.165, 1.54) is 27.9 Å². The summed E-state index contributed by atoms with van der Waals surface area (Å²) in [4.78, 5) is 18.0. The normalized spacial score (nSPS) is 25.8. The molecule has 29 heavy (non-hydrogen) atoms. The van der Waals surface area contributed by atoms with Gasteiger partial charge in [-0.15, -0.1) is 0 Å². The SMILES string of the molecule is Cc1ccc2c(c1)C(C)(C)C1=CC3(C)N(CC(=O)N12)c1ccc(C)cc1C3(C)C. The summed E-state index contributed by atoms with van der Waals surface area (Å²) in [5.41, 5.74) is 7.83. The quantitative estimate of drug-likeness (QED) is 0.607. The number of hydrogen-bond acceptors (Lipinski definition) is 2. The molecule has 0 saturated heterocycles. The van der Waals surface area contributed by atoms with Gasteiger partial charge in [-0.2, -0.15) is 0 Å². The lowest BCUT2D eigenvalue weighted by Crippen LogP contribution is -2.53. The summed E-state index contributed by atoms with van der Waals surface area (Å²) in [5, 5.41) is 0. The van der Waals surface area contributed by atoms with Gasteiger partial charge < -0.3 is 4.90 Å². The van der Waals surface area contributed by atoms with E-state index in [2.05, 4.69) is 95.8 Å². The van der Waals surface area contributed by atoms with Gasteiger partial charge in [-0.1, -0.05) is 63.1 Å². The zero-order chi connectivity index (χ0) is 20.9. The van der Waals surface area contributed by atoms with Crippen molar-refractivity contribution in [3.8, 4) is 0 Å². The number of allylic oxidation sites excluding steroid dienone is 1. The Balaban J connectivity index is 1.78. The summed E-state index contributed by atoms with van der Waals surface area (Å²) in [6, 6.07) is 13.1. The first-order valence-electron chi connectivity index (χ1n) is 10.5. The van der Waals surface area contributed by atoms with Gasteiger partial charge >= 0.3 is 0 Å². The van der Waals surface area contributed by atoms with Gasteiger partial charge in [-0.25, -0.2) is 0 Å². The van der Waals surface area contributed by atoms with Gasteiger partial charge in [-0.3, -0.25) is 9.69 Å². The summed E-state index contributed by atoms with van der Waals surface area (Å²) in [6.07, 6.45) is 2.39. The average molecular weight is 387 g/mol. The summed E-state index contributed by atoms with van der Waals surface area (Å²) in [5.74, 6) is 0.153. The molecule has 2 aromatic carbocycles. The number of nitrogens with zero attached hydrogens (tertiary/aromatic N) is 2. The molecule has 0 spiro atoms. The van der Waals surface area contributed by atoms with Gasteiger partial charge in [0.2, 0.25) is 0 Å². The minimum atomic E-state index is -0.281. The Bertz CT molecular complexity index is 1110. The van der Waals surface area contributed by atoms with E-state index in [9.17, 15) is 4.79 Å². The van der Waals surface area contributed by atoms with E-state index >= 15 is 0 Å². The molecule has 2 aromatic rings. The molecule has 0 fully saturated rings. The molecule has 0 radical (unpaired) electrons. The largest absolute Gasteiger partial charge is 0.352 e. The number of benzene rings is 2. The van der Waals surface area contributed by atoms with Crippen LogP contribution in [0.5, 0.6) is 0 Å². The summed E-state index contributed by atoms with van der Waals surface area (Å²) in [7, 11) is 0. The van der Waals surface area contributed by atoms with Crippen molar-refractivity contribution in [2.45, 2.75) is 64.8 Å². The van der Waals surface area contributed by atoms with Crippen molar-refractivity contribution in [3.05, 3.63) is 70.4 Å². The van der Waals surface area contributed by atoms with Crippen LogP contribution < -0.4 is 9.80 Å². The van der Waals surface area contributed by atoms with Crippen LogP contribution in [-0.2, 0) is 15.6 Å². The van der Waals surface area contributed by atoms with E-state index in [1.54, 1.807) is 0 Å². The van der Waals surface area contributed by atoms with Crippen molar-refractivity contribution in [3.63, 3.8) is 0 Å². The second-order valence-corrected chi connectivity index (χ2v) is 10.3. The molecule has 3 heteroatoms. The molecule has 0 aliphatic carbocycles. The van der Waals surface area contributed by atoms with E-state index in [-0.39, 0.29) is 22.3 Å². The molecule has 3 nitrogen and oxygen atoms in total. The highest BCUT2D eigenvalue weighted by Crippen LogP contribution is 2.57. The highest BCUT2D eigenvalue weighted by Gasteiger charge is 2.57. The number of hydrogen-bond donors (Lipinski definition) is 0. The van der Waals surface area contributed by atoms with Gasteiger partial charge in [0.05, 0.1) is 17.8 Å². The number of rotatable bonds is 0. The average Bonchev–Trinajstić information content (AvgIpc) is 2.87. The third-order valence-electron chi connectivity index (χ3n) is 7.85. The van der Waals surface area contributed by atoms with Crippen LogP contribution in [0.4, 0.5) is 11.4 Å². The fraction of sp³-hybridized carbons (Fsp3) is 0.423. The van der Waals surface area contributed by atoms with Gasteiger partial charge in [0.15, 0.2) is 0 Å². The minimum Gasteiger partial charge on any atom is -0.352 e. The van der Waals surface area contributed by atoms with Crippen molar-refractivity contribution < 1.29 is 4.79 Å². The minimum absolute atomic E-state index is 0.113. The summed E-state index contributed by atoms with van der Waals surface area (Å²) < 4.78 is 0. The number of carbonyl (C=O) groups excluding carboxylic acids is 1. The Morgan fingerprint density at radius 3 is 2.07 bits per heavy atom. The molecule has 1 amide bonds. The van der Waals surface area contributed by atoms with Crippen LogP contribution in [0.3, 0.4) is 0 Å². The smallest absolute Gasteiger partial charge is 0.250 e. The molecule has 3 aliphatic heterocycles. The van der Waals surface area contributed by atoms with Gasteiger partial charge in [0, 0.05) is 22.2 Å². The zero-order valence-corrected chi connectivity index (χ0v) is 18.6. The Morgan fingerprint density at radius 2 is 1.41 bits per heavy atom. The number of carbonyl (C=O) groups is 1. The fourth-order valence-electron chi connectivity index (χ4n) is 5.63. The highest BCUT2D eigenvalue weighted by molar-refractivity contribution is 6.04. The van der Waals surface area contributed by atoms with E-state index in [4.69, 9.17) is 0 Å². The molecular weight excluding hydrogens is 356 g/mol. The first-order valence-corrected chi connectivity index (χ1v) is 10.5. The molecule has 0 N–H and O–H groups in total. The second-order valence-electron chi connectivity index (χ2n) is 10.3. The van der Waals surface area contributed by atoms with Crippen molar-refractivity contribution in [1.82, 2.24) is 0 Å². The van der Waals surface area contributed by atoms with Crippen LogP contribution in [0.25, 0.3) is 0 Å². The molecule has 3 heterocycles. The van der Waals surface area contributed by atoms with Crippen LogP contribution >= 0.6 is 0 Å². The van der Waals surface area contributed by atoms with Crippen LogP contribution in [0.2, 0.25) is 0 Å². The lowest BCUT2D eigenvalue weighted by atomic mass is 9.69. The molecule has 3 aliphatic rings. The number of anilines is 2. The maximum absolute atomic E-state index is 13.6. The Labute approximate surface area is 174 Å². The summed E-state index contributed by atoms with van der Waals surface area (Å²) in [6.45, 7) is 16.1. The van der Waals surface area contributed by atoms with E-state index < -0.39 is 0 Å². The molecule has 0 bridgehead atoms. The Kier molecular flexibility index (Phi) is 3.39. The van der Waals surface area contributed by atoms with Gasteiger partial charge in [-0.05, 0) is 50.1 Å². The molecule has 5 rings (SSSR count). The van der Waals surface area contributed by atoms with Gasteiger partial charge in [0.25, 0.3) is 5.91 Å². The first kappa shape index (κ1) is 18.5.